The molecule has 0 saturated carbocycles. The highest BCUT2D eigenvalue weighted by molar-refractivity contribution is 5.94. The molecule has 0 N–H and O–H groups in total. The molecule has 0 bridgehead atoms. The predicted octanol–water partition coefficient (Wildman–Crippen LogP) is 2.71. The van der Waals surface area contributed by atoms with E-state index in [1.807, 2.05) is 13.0 Å². The zero-order chi connectivity index (χ0) is 17.8. The van der Waals surface area contributed by atoms with Crippen LogP contribution in [0.3, 0.4) is 0 Å². The van der Waals surface area contributed by atoms with E-state index in [4.69, 9.17) is 4.74 Å². The van der Waals surface area contributed by atoms with Crippen LogP contribution in [0.15, 0.2) is 30.6 Å². The molecule has 1 aromatic heterocycles. The van der Waals surface area contributed by atoms with E-state index in [0.29, 0.717) is 30.8 Å². The lowest BCUT2D eigenvalue weighted by atomic mass is 10.1. The third kappa shape index (κ3) is 4.39. The number of aromatic nitrogens is 2. The second kappa shape index (κ2) is 7.70. The molecule has 5 nitrogen and oxygen atoms in total. The van der Waals surface area contributed by atoms with Gasteiger partial charge < -0.3 is 9.64 Å². The van der Waals surface area contributed by atoms with Gasteiger partial charge in [-0.25, -0.2) is 14.4 Å². The maximum Gasteiger partial charge on any atom is 0.254 e. The molecule has 6 heteroatoms. The molecule has 0 spiro atoms. The van der Waals surface area contributed by atoms with Crippen molar-refractivity contribution in [2.45, 2.75) is 32.8 Å². The Bertz CT molecular complexity index is 766. The summed E-state index contributed by atoms with van der Waals surface area (Å²) in [4.78, 5) is 22.7. The minimum absolute atomic E-state index is 0.0386. The number of halogens is 1. The van der Waals surface area contributed by atoms with Crippen LogP contribution in [0, 0.1) is 19.7 Å². The van der Waals surface area contributed by atoms with Crippen LogP contribution in [-0.2, 0) is 11.2 Å². The number of aryl methyl sites for hydroxylation is 3. The first-order chi connectivity index (χ1) is 12.0. The van der Waals surface area contributed by atoms with E-state index in [2.05, 4.69) is 9.97 Å². The summed E-state index contributed by atoms with van der Waals surface area (Å²) < 4.78 is 19.5. The summed E-state index contributed by atoms with van der Waals surface area (Å²) in [6, 6.07) is 6.58. The van der Waals surface area contributed by atoms with Crippen molar-refractivity contribution >= 4 is 5.91 Å². The number of amides is 1. The van der Waals surface area contributed by atoms with E-state index >= 15 is 0 Å². The van der Waals surface area contributed by atoms with Crippen LogP contribution < -0.4 is 0 Å². The number of benzene rings is 1. The Morgan fingerprint density at radius 1 is 1.32 bits per heavy atom. The van der Waals surface area contributed by atoms with E-state index in [1.54, 1.807) is 30.3 Å². The van der Waals surface area contributed by atoms with Crippen LogP contribution in [-0.4, -0.2) is 46.6 Å². The van der Waals surface area contributed by atoms with Crippen LogP contribution in [0.1, 0.15) is 33.7 Å². The van der Waals surface area contributed by atoms with Crippen LogP contribution in [0.2, 0.25) is 0 Å². The van der Waals surface area contributed by atoms with Crippen molar-refractivity contribution < 1.29 is 13.9 Å². The summed E-state index contributed by atoms with van der Waals surface area (Å²) in [6.45, 7) is 5.15. The molecule has 0 unspecified atom stereocenters. The van der Waals surface area contributed by atoms with Crippen molar-refractivity contribution in [3.63, 3.8) is 0 Å². The lowest BCUT2D eigenvalue weighted by Gasteiger charge is -2.33. The molecule has 2 heterocycles. The van der Waals surface area contributed by atoms with Gasteiger partial charge >= 0.3 is 0 Å². The number of rotatable bonds is 4. The average molecular weight is 343 g/mol. The summed E-state index contributed by atoms with van der Waals surface area (Å²) >= 11 is 0. The van der Waals surface area contributed by atoms with Gasteiger partial charge in [0.15, 0.2) is 0 Å². The van der Waals surface area contributed by atoms with Gasteiger partial charge in [0.25, 0.3) is 5.91 Å². The molecule has 1 saturated heterocycles. The SMILES string of the molecule is Cc1cc(CC[C@@H]2CN(C(=O)c3ccc(C)c(F)c3)CCO2)ncn1. The quantitative estimate of drug-likeness (QED) is 0.856. The van der Waals surface area contributed by atoms with Gasteiger partial charge in [-0.05, 0) is 50.5 Å². The number of ether oxygens (including phenoxy) is 1. The maximum atomic E-state index is 13.7. The molecule has 0 radical (unpaired) electrons. The Balaban J connectivity index is 1.60. The van der Waals surface area contributed by atoms with E-state index in [9.17, 15) is 9.18 Å². The number of morpholine rings is 1. The van der Waals surface area contributed by atoms with Crippen LogP contribution in [0.25, 0.3) is 0 Å². The number of hydrogen-bond acceptors (Lipinski definition) is 4. The van der Waals surface area contributed by atoms with Gasteiger partial charge in [0, 0.05) is 30.0 Å². The fourth-order valence-corrected chi connectivity index (χ4v) is 2.94. The summed E-state index contributed by atoms with van der Waals surface area (Å²) in [5.41, 5.74) is 2.83. The first-order valence-electron chi connectivity index (χ1n) is 8.47. The lowest BCUT2D eigenvalue weighted by molar-refractivity contribution is -0.0247. The number of carbonyl (C=O) groups is 1. The first kappa shape index (κ1) is 17.5. The average Bonchev–Trinajstić information content (AvgIpc) is 2.62. The monoisotopic (exact) mass is 343 g/mol. The Morgan fingerprint density at radius 3 is 2.92 bits per heavy atom. The number of nitrogens with zero attached hydrogens (tertiary/aromatic N) is 3. The molecule has 25 heavy (non-hydrogen) atoms. The summed E-state index contributed by atoms with van der Waals surface area (Å²) in [7, 11) is 0. The summed E-state index contributed by atoms with van der Waals surface area (Å²) in [5.74, 6) is -0.500. The highest BCUT2D eigenvalue weighted by Gasteiger charge is 2.25. The molecule has 3 rings (SSSR count). The van der Waals surface area contributed by atoms with Crippen molar-refractivity contribution in [3.8, 4) is 0 Å². The topological polar surface area (TPSA) is 55.3 Å². The fourth-order valence-electron chi connectivity index (χ4n) is 2.94. The van der Waals surface area contributed by atoms with Gasteiger partial charge in [-0.15, -0.1) is 0 Å². The van der Waals surface area contributed by atoms with E-state index in [-0.39, 0.29) is 17.8 Å². The summed E-state index contributed by atoms with van der Waals surface area (Å²) in [5, 5.41) is 0. The normalized spacial score (nSPS) is 17.6. The van der Waals surface area contributed by atoms with Crippen molar-refractivity contribution in [1.82, 2.24) is 14.9 Å². The van der Waals surface area contributed by atoms with Crippen molar-refractivity contribution in [3.05, 3.63) is 58.9 Å². The second-order valence-electron chi connectivity index (χ2n) is 6.40. The third-order valence-electron chi connectivity index (χ3n) is 4.43. The molecule has 132 valence electrons. The molecule has 1 fully saturated rings. The lowest BCUT2D eigenvalue weighted by Crippen LogP contribution is -2.45. The van der Waals surface area contributed by atoms with Gasteiger partial charge in [-0.1, -0.05) is 6.07 Å². The second-order valence-corrected chi connectivity index (χ2v) is 6.40. The zero-order valence-electron chi connectivity index (χ0n) is 14.5. The van der Waals surface area contributed by atoms with Gasteiger partial charge in [0.05, 0.1) is 12.7 Å². The zero-order valence-corrected chi connectivity index (χ0v) is 14.5. The number of carbonyl (C=O) groups excluding carboxylic acids is 1. The Kier molecular flexibility index (Phi) is 5.38. The maximum absolute atomic E-state index is 13.7. The largest absolute Gasteiger partial charge is 0.375 e. The van der Waals surface area contributed by atoms with E-state index in [1.165, 1.54) is 6.07 Å². The molecular formula is C19H22FN3O2. The predicted molar refractivity (Wildman–Crippen MR) is 91.9 cm³/mol. The minimum atomic E-state index is -0.352. The Hall–Kier alpha value is -2.34. The van der Waals surface area contributed by atoms with Crippen LogP contribution in [0.5, 0.6) is 0 Å². The molecule has 1 atom stereocenters. The van der Waals surface area contributed by atoms with E-state index in [0.717, 1.165) is 24.2 Å². The molecule has 1 amide bonds. The van der Waals surface area contributed by atoms with E-state index < -0.39 is 0 Å². The van der Waals surface area contributed by atoms with Gasteiger partial charge in [0.1, 0.15) is 12.1 Å². The smallest absolute Gasteiger partial charge is 0.254 e. The van der Waals surface area contributed by atoms with Gasteiger partial charge in [-0.2, -0.15) is 0 Å². The van der Waals surface area contributed by atoms with Crippen molar-refractivity contribution in [2.75, 3.05) is 19.7 Å². The molecule has 0 aliphatic carbocycles. The van der Waals surface area contributed by atoms with Crippen molar-refractivity contribution in [1.29, 1.82) is 0 Å². The standard InChI is InChI=1S/C19H22FN3O2/c1-13-3-4-15(10-18(13)20)19(24)23-7-8-25-17(11-23)6-5-16-9-14(2)21-12-22-16/h3-4,9-10,12,17H,5-8,11H2,1-2H3/t17-/m1/s1. The third-order valence-corrected chi connectivity index (χ3v) is 4.43. The minimum Gasteiger partial charge on any atom is -0.375 e. The van der Waals surface area contributed by atoms with Crippen molar-refractivity contribution in [2.24, 2.45) is 0 Å². The van der Waals surface area contributed by atoms with Gasteiger partial charge in [-0.3, -0.25) is 4.79 Å². The van der Waals surface area contributed by atoms with Crippen LogP contribution in [0.4, 0.5) is 4.39 Å². The highest BCUT2D eigenvalue weighted by atomic mass is 19.1. The molecule has 2 aromatic rings. The molecule has 1 aliphatic rings. The molecule has 1 aliphatic heterocycles. The van der Waals surface area contributed by atoms with Crippen LogP contribution >= 0.6 is 0 Å². The molecule has 1 aromatic carbocycles. The molecular weight excluding hydrogens is 321 g/mol. The van der Waals surface area contributed by atoms with Gasteiger partial charge in [0.2, 0.25) is 0 Å². The summed E-state index contributed by atoms with van der Waals surface area (Å²) in [6.07, 6.45) is 3.08. The first-order valence-corrected chi connectivity index (χ1v) is 8.47. The highest BCUT2D eigenvalue weighted by Crippen LogP contribution is 2.16. The number of hydrogen-bond donors (Lipinski definition) is 0. The Labute approximate surface area is 146 Å². The Morgan fingerprint density at radius 2 is 2.16 bits per heavy atom. The fraction of sp³-hybridized carbons (Fsp3) is 0.421.